The summed E-state index contributed by atoms with van der Waals surface area (Å²) >= 11 is 0. The van der Waals surface area contributed by atoms with Crippen molar-refractivity contribution in [1.29, 1.82) is 0 Å². The third kappa shape index (κ3) is 7.92. The highest BCUT2D eigenvalue weighted by atomic mass is 17.1. The summed E-state index contributed by atoms with van der Waals surface area (Å²) in [6.07, 6.45) is 12.1. The number of rotatable bonds is 5. The number of carbonyl (C=O) groups excluding carboxylic acids is 1. The molecular formula is C25H41NO4. The highest BCUT2D eigenvalue weighted by Gasteiger charge is 2.34. The van der Waals surface area contributed by atoms with Gasteiger partial charge in [0, 0.05) is 5.69 Å². The molecule has 2 N–H and O–H groups in total. The van der Waals surface area contributed by atoms with Crippen molar-refractivity contribution in [3.05, 3.63) is 30.3 Å². The Bertz CT molecular complexity index is 617. The number of amides is 1. The number of hydrogen-bond donors (Lipinski definition) is 2. The van der Waals surface area contributed by atoms with E-state index in [1.165, 1.54) is 51.4 Å². The lowest BCUT2D eigenvalue weighted by Gasteiger charge is -2.36. The Labute approximate surface area is 182 Å². The summed E-state index contributed by atoms with van der Waals surface area (Å²) in [7, 11) is 0. The second-order valence-corrected chi connectivity index (χ2v) is 9.85. The smallest absolute Gasteiger partial charge is 0.412 e. The fourth-order valence-electron chi connectivity index (χ4n) is 4.66. The van der Waals surface area contributed by atoms with E-state index in [9.17, 15) is 4.79 Å². The van der Waals surface area contributed by atoms with Crippen LogP contribution in [-0.2, 0) is 9.62 Å². The van der Waals surface area contributed by atoms with E-state index in [4.69, 9.17) is 9.99 Å². The molecule has 170 valence electrons. The van der Waals surface area contributed by atoms with Gasteiger partial charge >= 0.3 is 6.09 Å². The molecule has 1 amide bonds. The Morgan fingerprint density at radius 2 is 1.30 bits per heavy atom. The molecule has 0 saturated heterocycles. The minimum Gasteiger partial charge on any atom is -0.443 e. The van der Waals surface area contributed by atoms with Gasteiger partial charge in [-0.1, -0.05) is 56.7 Å². The number of para-hydroxylation sites is 1. The molecule has 5 heteroatoms. The van der Waals surface area contributed by atoms with Crippen molar-refractivity contribution < 1.29 is 19.7 Å². The van der Waals surface area contributed by atoms with E-state index >= 15 is 0 Å². The quantitative estimate of drug-likeness (QED) is 0.385. The van der Waals surface area contributed by atoms with Gasteiger partial charge in [-0.2, -0.15) is 0 Å². The minimum absolute atomic E-state index is 0.333. The molecule has 0 aromatic heterocycles. The second-order valence-electron chi connectivity index (χ2n) is 9.85. The molecule has 0 atom stereocenters. The topological polar surface area (TPSA) is 67.8 Å². The van der Waals surface area contributed by atoms with Crippen LogP contribution in [0.15, 0.2) is 30.3 Å². The molecule has 1 aromatic carbocycles. The first kappa shape index (κ1) is 24.7. The molecule has 30 heavy (non-hydrogen) atoms. The number of benzene rings is 1. The lowest BCUT2D eigenvalue weighted by molar-refractivity contribution is -0.328. The normalized spacial score (nSPS) is 18.8. The average Bonchev–Trinajstić information content (AvgIpc) is 2.76. The number of hydrogen-bond acceptors (Lipinski definition) is 4. The second kappa shape index (κ2) is 11.7. The molecule has 1 aromatic rings. The first-order chi connectivity index (χ1) is 14.2. The molecule has 0 unspecified atom stereocenters. The third-order valence-corrected chi connectivity index (χ3v) is 6.79. The molecule has 5 nitrogen and oxygen atoms in total. The molecule has 2 aliphatic carbocycles. The van der Waals surface area contributed by atoms with E-state index in [1.807, 2.05) is 58.0 Å². The average molecular weight is 420 g/mol. The van der Waals surface area contributed by atoms with E-state index in [-0.39, 0.29) is 17.3 Å². The lowest BCUT2D eigenvalue weighted by Crippen LogP contribution is -2.39. The first-order valence-corrected chi connectivity index (χ1v) is 11.6. The molecular weight excluding hydrogens is 378 g/mol. The van der Waals surface area contributed by atoms with E-state index in [0.717, 1.165) is 18.5 Å². The van der Waals surface area contributed by atoms with Crippen molar-refractivity contribution in [1.82, 2.24) is 0 Å². The highest BCUT2D eigenvalue weighted by Crippen LogP contribution is 2.35. The van der Waals surface area contributed by atoms with Crippen molar-refractivity contribution in [2.24, 2.45) is 11.8 Å². The fourth-order valence-corrected chi connectivity index (χ4v) is 4.66. The van der Waals surface area contributed by atoms with Gasteiger partial charge in [0.25, 0.3) is 0 Å². The van der Waals surface area contributed by atoms with Crippen LogP contribution < -0.4 is 5.32 Å². The van der Waals surface area contributed by atoms with Gasteiger partial charge in [-0.3, -0.25) is 10.6 Å². The number of ether oxygens (including phenoxy) is 1. The maximum absolute atomic E-state index is 11.9. The summed E-state index contributed by atoms with van der Waals surface area (Å²) in [5, 5.41) is 11.4. The van der Waals surface area contributed by atoms with Crippen LogP contribution in [-0.4, -0.2) is 22.6 Å². The molecule has 3 rings (SSSR count). The maximum atomic E-state index is 11.9. The van der Waals surface area contributed by atoms with Gasteiger partial charge in [0.2, 0.25) is 0 Å². The standard InChI is InChI=1S/C16H23NO2.C9H18O2/c1-16(2,13-9-5-3-6-10-13)19-15(18)17-14-11-7-4-8-12-14;1-9(2,11-10)8-6-4-3-5-7-8/h4,7-8,11-13H,3,5-6,9-10H2,1-2H3,(H,17,18);8,10H,3-7H2,1-2H3. The summed E-state index contributed by atoms with van der Waals surface area (Å²) in [6.45, 7) is 7.97. The minimum atomic E-state index is -0.390. The van der Waals surface area contributed by atoms with E-state index in [0.29, 0.717) is 11.8 Å². The fraction of sp³-hybridized carbons (Fsp3) is 0.720. The van der Waals surface area contributed by atoms with Gasteiger partial charge in [0.1, 0.15) is 11.2 Å². The van der Waals surface area contributed by atoms with Crippen LogP contribution in [0.4, 0.5) is 10.5 Å². The zero-order valence-electron chi connectivity index (χ0n) is 19.3. The van der Waals surface area contributed by atoms with Crippen LogP contribution in [0.3, 0.4) is 0 Å². The van der Waals surface area contributed by atoms with Crippen molar-refractivity contribution in [2.75, 3.05) is 5.32 Å². The summed E-state index contributed by atoms with van der Waals surface area (Å²) < 4.78 is 5.63. The Kier molecular flexibility index (Phi) is 9.63. The van der Waals surface area contributed by atoms with Gasteiger partial charge in [0.15, 0.2) is 0 Å². The Morgan fingerprint density at radius 1 is 0.833 bits per heavy atom. The third-order valence-electron chi connectivity index (χ3n) is 6.79. The molecule has 2 saturated carbocycles. The predicted octanol–water partition coefficient (Wildman–Crippen LogP) is 7.43. The van der Waals surface area contributed by atoms with E-state index in [1.54, 1.807) is 0 Å². The zero-order chi connectivity index (χ0) is 22.0. The van der Waals surface area contributed by atoms with E-state index in [2.05, 4.69) is 10.2 Å². The number of carbonyl (C=O) groups is 1. The van der Waals surface area contributed by atoms with E-state index < -0.39 is 0 Å². The van der Waals surface area contributed by atoms with Crippen LogP contribution in [0.1, 0.15) is 91.9 Å². The maximum Gasteiger partial charge on any atom is 0.412 e. The Balaban J connectivity index is 0.000000248. The van der Waals surface area contributed by atoms with Crippen molar-refractivity contribution in [3.63, 3.8) is 0 Å². The van der Waals surface area contributed by atoms with Crippen molar-refractivity contribution >= 4 is 11.8 Å². The van der Waals surface area contributed by atoms with Gasteiger partial charge in [-0.25, -0.2) is 9.68 Å². The number of nitrogens with one attached hydrogen (secondary N) is 1. The van der Waals surface area contributed by atoms with Crippen LogP contribution in [0, 0.1) is 11.8 Å². The summed E-state index contributed by atoms with van der Waals surface area (Å²) in [5.41, 5.74) is 0.0478. The SMILES string of the molecule is CC(C)(OC(=O)Nc1ccccc1)C1CCCCC1.CC(C)(OO)C1CCCCC1. The van der Waals surface area contributed by atoms with Gasteiger partial charge < -0.3 is 4.74 Å². The molecule has 0 bridgehead atoms. The largest absolute Gasteiger partial charge is 0.443 e. The van der Waals surface area contributed by atoms with Crippen molar-refractivity contribution in [3.8, 4) is 0 Å². The summed E-state index contributed by atoms with van der Waals surface area (Å²) in [4.78, 5) is 16.4. The lowest BCUT2D eigenvalue weighted by atomic mass is 9.79. The molecule has 0 aliphatic heterocycles. The Hall–Kier alpha value is -1.59. The van der Waals surface area contributed by atoms with Crippen LogP contribution >= 0.6 is 0 Å². The van der Waals surface area contributed by atoms with Crippen LogP contribution in [0.2, 0.25) is 0 Å². The van der Waals surface area contributed by atoms with Gasteiger partial charge in [-0.05, 0) is 77.3 Å². The monoisotopic (exact) mass is 419 g/mol. The van der Waals surface area contributed by atoms with Crippen LogP contribution in [0.5, 0.6) is 0 Å². The molecule has 0 spiro atoms. The predicted molar refractivity (Wildman–Crippen MR) is 122 cm³/mol. The Morgan fingerprint density at radius 3 is 1.77 bits per heavy atom. The van der Waals surface area contributed by atoms with Crippen LogP contribution in [0.25, 0.3) is 0 Å². The zero-order valence-corrected chi connectivity index (χ0v) is 19.3. The molecule has 2 aliphatic rings. The summed E-state index contributed by atoms with van der Waals surface area (Å²) in [6, 6.07) is 9.41. The molecule has 0 heterocycles. The first-order valence-electron chi connectivity index (χ1n) is 11.6. The van der Waals surface area contributed by atoms with Gasteiger partial charge in [-0.15, -0.1) is 0 Å². The van der Waals surface area contributed by atoms with Gasteiger partial charge in [0.05, 0.1) is 0 Å². The van der Waals surface area contributed by atoms with Crippen molar-refractivity contribution in [2.45, 2.75) is 103 Å². The number of anilines is 1. The highest BCUT2D eigenvalue weighted by molar-refractivity contribution is 5.84. The molecule has 0 radical (unpaired) electrons. The summed E-state index contributed by atoms with van der Waals surface area (Å²) in [5.74, 6) is 1.02. The molecule has 2 fully saturated rings.